The second-order valence-corrected chi connectivity index (χ2v) is 47.2. The van der Waals surface area contributed by atoms with Gasteiger partial charge in [-0.25, -0.2) is 0 Å². The first kappa shape index (κ1) is 141. The number of rotatable bonds is 119. The summed E-state index contributed by atoms with van der Waals surface area (Å²) in [6.07, 6.45) is 131. The fraction of sp³-hybridized carbons (Fsp3) is 0.944. The van der Waals surface area contributed by atoms with E-state index in [1.165, 1.54) is 514 Å². The molecule has 0 saturated carbocycles. The monoisotopic (exact) mass is 2040 g/mol. The van der Waals surface area contributed by atoms with E-state index in [0.717, 1.165) is 135 Å². The van der Waals surface area contributed by atoms with Gasteiger partial charge in [-0.15, -0.1) is 0 Å². The average molecular weight is 2040 g/mol. The molecule has 14 nitrogen and oxygen atoms in total. The lowest BCUT2D eigenvalue weighted by atomic mass is 10.0. The van der Waals surface area contributed by atoms with Gasteiger partial charge in [-0.2, -0.15) is 0 Å². The van der Waals surface area contributed by atoms with Crippen LogP contribution in [0, 0.1) is 0 Å². The topological polar surface area (TPSA) is 184 Å². The van der Waals surface area contributed by atoms with Crippen LogP contribution in [-0.4, -0.2) is 66.0 Å². The van der Waals surface area contributed by atoms with Crippen LogP contribution in [0.5, 0.6) is 0 Å². The van der Waals surface area contributed by atoms with E-state index < -0.39 is 66.0 Å². The lowest BCUT2D eigenvalue weighted by Gasteiger charge is -2.25. The summed E-state index contributed by atoms with van der Waals surface area (Å²) in [5.41, 5.74) is 0. The Labute approximate surface area is 890 Å². The lowest BCUT2D eigenvalue weighted by Crippen LogP contribution is -2.54. The van der Waals surface area contributed by atoms with Crippen LogP contribution in [0.4, 0.5) is 0 Å². The number of unbranched alkanes of at least 4 members (excludes halogenated alkanes) is 98. The molecular weight excluding hydrogens is 1790 g/mol. The normalized spacial score (nSPS) is 11.5. The van der Waals surface area contributed by atoms with E-state index in [4.69, 9.17) is 29.1 Å². The third-order valence-corrected chi connectivity index (χ3v) is 32.8. The SMILES string of the molecule is CCCCCCCCCCCCCCCCCC(=O)O[Si](OC(=O)CCCCCCCCCCCCCCCCC)(OC(=O)CCCCCCCCCCCCCCCCC)OC(=O)CCCCCCCCCCCCCCCCC.CCCCCCCCCCCCCCCCCC(=O)[O][Al]([O]C(=O)CCCCCCCCCCCCCCCCC)[O]C(=O)CCCCCCCCCCCCCCCCC. The fourth-order valence-electron chi connectivity index (χ4n) is 19.9. The van der Waals surface area contributed by atoms with Crippen molar-refractivity contribution in [3.63, 3.8) is 0 Å². The van der Waals surface area contributed by atoms with Gasteiger partial charge in [0.2, 0.25) is 0 Å². The maximum Gasteiger partial charge on any atom is 1.20 e. The summed E-state index contributed by atoms with van der Waals surface area (Å²) in [5.74, 6) is -3.81. The molecule has 0 unspecified atom stereocenters. The Hall–Kier alpha value is -2.96. The van der Waals surface area contributed by atoms with Crippen LogP contribution >= 0.6 is 0 Å². The molecule has 142 heavy (non-hydrogen) atoms. The lowest BCUT2D eigenvalue weighted by molar-refractivity contribution is -0.164. The molecule has 840 valence electrons. The molecule has 0 aliphatic carbocycles. The minimum absolute atomic E-state index is 0.0802. The summed E-state index contributed by atoms with van der Waals surface area (Å²) in [4.78, 5) is 93.2. The van der Waals surface area contributed by atoms with Gasteiger partial charge in [0.05, 0.1) is 0 Å². The summed E-state index contributed by atoms with van der Waals surface area (Å²) in [7, 11) is -4.88. The van der Waals surface area contributed by atoms with E-state index in [1.54, 1.807) is 0 Å². The third-order valence-electron chi connectivity index (χ3n) is 29.5. The van der Waals surface area contributed by atoms with E-state index in [2.05, 4.69) is 48.5 Å². The van der Waals surface area contributed by atoms with Crippen LogP contribution in [0.25, 0.3) is 0 Å². The number of carbonyl (C=O) groups excluding carboxylic acids is 7. The van der Waals surface area contributed by atoms with Gasteiger partial charge in [0.25, 0.3) is 41.8 Å². The molecule has 0 N–H and O–H groups in total. The van der Waals surface area contributed by atoms with Gasteiger partial charge in [-0.05, 0) is 44.9 Å². The molecule has 0 atom stereocenters. The molecule has 0 spiro atoms. The van der Waals surface area contributed by atoms with Gasteiger partial charge in [0, 0.05) is 44.9 Å². The van der Waals surface area contributed by atoms with E-state index in [1.807, 2.05) is 0 Å². The zero-order valence-electron chi connectivity index (χ0n) is 96.5. The molecule has 0 aromatic heterocycles. The summed E-state index contributed by atoms with van der Waals surface area (Å²) >= 11 is -3.24. The van der Waals surface area contributed by atoms with Crippen molar-refractivity contribution in [2.75, 3.05) is 0 Å². The second kappa shape index (κ2) is 122. The van der Waals surface area contributed by atoms with Gasteiger partial charge in [-0.1, -0.05) is 678 Å². The summed E-state index contributed by atoms with van der Waals surface area (Å²) in [5, 5.41) is 0. The van der Waals surface area contributed by atoms with Gasteiger partial charge in [0.15, 0.2) is 0 Å². The standard InChI is InChI=1S/C72H140O8Si.3C18H36O2.Al/c1-5-9-13-17-21-25-29-33-37-41-45-49-53-57-61-65-69(73)77-81(78-70(74)66-62-58-54-50-46-42-38-34-30-26-22-18-14-10-6-2,79-71(75)67-63-59-55-51-47-43-39-35-31-27-23-19-15-11-7-3)80-72(76)68-64-60-56-52-48-44-40-36-32-28-24-20-16-12-8-4;3*1-2-3-4-5-6-7-8-9-10-11-12-13-14-15-16-17-18(19)20;/h5-68H2,1-4H3;3*2-17H2,1H3,(H,19,20);/q;;;;+3/p-3. The van der Waals surface area contributed by atoms with Crippen LogP contribution in [0.2, 0.25) is 0 Å². The van der Waals surface area contributed by atoms with Crippen molar-refractivity contribution in [2.45, 2.75) is 768 Å². The van der Waals surface area contributed by atoms with Crippen LogP contribution < -0.4 is 0 Å². The molecule has 0 fully saturated rings. The minimum atomic E-state index is -4.88. The quantitative estimate of drug-likeness (QED) is 0.0414. The van der Waals surface area contributed by atoms with Crippen LogP contribution in [0.15, 0.2) is 0 Å². The number of hydrogen-bond donors (Lipinski definition) is 0. The molecule has 16 heteroatoms. The van der Waals surface area contributed by atoms with Crippen LogP contribution in [0.1, 0.15) is 768 Å². The first-order valence-corrected chi connectivity index (χ1v) is 67.4. The highest BCUT2D eigenvalue weighted by molar-refractivity contribution is 6.61. The molecule has 0 heterocycles. The van der Waals surface area contributed by atoms with Crippen molar-refractivity contribution in [1.29, 1.82) is 0 Å². The zero-order valence-corrected chi connectivity index (χ0v) is 98.6. The Morgan fingerprint density at radius 2 is 0.197 bits per heavy atom. The van der Waals surface area contributed by atoms with Crippen molar-refractivity contribution < 1.29 is 62.6 Å². The van der Waals surface area contributed by atoms with E-state index >= 15 is 0 Å². The molecule has 0 bridgehead atoms. The van der Waals surface area contributed by atoms with E-state index in [-0.39, 0.29) is 44.9 Å². The van der Waals surface area contributed by atoms with Crippen LogP contribution in [0.3, 0.4) is 0 Å². The predicted molar refractivity (Wildman–Crippen MR) is 611 cm³/mol. The van der Waals surface area contributed by atoms with Crippen molar-refractivity contribution >= 4 is 66.0 Å². The predicted octanol–water partition coefficient (Wildman–Crippen LogP) is 43.0. The smallest absolute Gasteiger partial charge is 0.551 e. The largest absolute Gasteiger partial charge is 1.20 e. The summed E-state index contributed by atoms with van der Waals surface area (Å²) in [6, 6.07) is 0. The Balaban J connectivity index is 0. The average Bonchev–Trinajstić information content (AvgIpc) is 0.825. The molecule has 0 aromatic carbocycles. The molecule has 0 amide bonds. The third kappa shape index (κ3) is 116. The van der Waals surface area contributed by atoms with Gasteiger partial charge in [0.1, 0.15) is 0 Å². The molecule has 0 aliphatic rings. The van der Waals surface area contributed by atoms with Crippen molar-refractivity contribution in [3.8, 4) is 0 Å². The van der Waals surface area contributed by atoms with Gasteiger partial charge < -0.3 is 29.1 Å². The van der Waals surface area contributed by atoms with Gasteiger partial charge >= 0.3 is 24.2 Å². The minimum Gasteiger partial charge on any atom is -0.551 e. The Morgan fingerprint density at radius 1 is 0.120 bits per heavy atom. The maximum atomic E-state index is 13.7. The second-order valence-electron chi connectivity index (χ2n) is 44.1. The molecular formula is C126H245AlO14Si. The summed E-state index contributed by atoms with van der Waals surface area (Å²) < 4.78 is 40.5. The molecule has 0 aromatic rings. The Morgan fingerprint density at radius 3 is 0.289 bits per heavy atom. The first-order valence-electron chi connectivity index (χ1n) is 64.3. The highest BCUT2D eigenvalue weighted by Gasteiger charge is 2.63. The Kier molecular flexibility index (Phi) is 121. The van der Waals surface area contributed by atoms with Crippen LogP contribution in [-0.2, 0) is 62.6 Å². The Bertz CT molecular complexity index is 2260. The molecule has 0 radical (unpaired) electrons. The number of hydrogen-bond acceptors (Lipinski definition) is 14. The van der Waals surface area contributed by atoms with Crippen molar-refractivity contribution in [1.82, 2.24) is 0 Å². The maximum absolute atomic E-state index is 13.7. The van der Waals surface area contributed by atoms with Gasteiger partial charge in [-0.3, -0.25) is 33.6 Å². The highest BCUT2D eigenvalue weighted by atomic mass is 28.4. The molecule has 0 aliphatic heterocycles. The highest BCUT2D eigenvalue weighted by Crippen LogP contribution is 2.27. The number of carbonyl (C=O) groups is 7. The zero-order chi connectivity index (χ0) is 103. The van der Waals surface area contributed by atoms with Crippen molar-refractivity contribution in [3.05, 3.63) is 0 Å². The summed E-state index contributed by atoms with van der Waals surface area (Å²) in [6.45, 7) is 15.9. The molecule has 0 saturated heterocycles. The van der Waals surface area contributed by atoms with Crippen molar-refractivity contribution in [2.24, 2.45) is 0 Å². The molecule has 0 rings (SSSR count). The van der Waals surface area contributed by atoms with E-state index in [9.17, 15) is 33.6 Å². The fourth-order valence-corrected chi connectivity index (χ4v) is 22.9. The van der Waals surface area contributed by atoms with E-state index in [0.29, 0.717) is 25.7 Å². The first-order chi connectivity index (χ1) is 69.8.